The summed E-state index contributed by atoms with van der Waals surface area (Å²) in [5, 5.41) is 13.2. The molecule has 0 saturated carbocycles. The van der Waals surface area contributed by atoms with Gasteiger partial charge < -0.3 is 10.4 Å². The average molecular weight is 253 g/mol. The Hall–Kier alpha value is -2.06. The van der Waals surface area contributed by atoms with Gasteiger partial charge in [-0.2, -0.15) is 0 Å². The van der Waals surface area contributed by atoms with E-state index in [-0.39, 0.29) is 6.61 Å². The summed E-state index contributed by atoms with van der Waals surface area (Å²) in [6.45, 7) is 5.87. The minimum Gasteiger partial charge on any atom is -0.393 e. The number of hydrogen-bond acceptors (Lipinski definition) is 2. The van der Waals surface area contributed by atoms with Gasteiger partial charge in [-0.15, -0.1) is 6.58 Å². The van der Waals surface area contributed by atoms with Crippen LogP contribution in [-0.4, -0.2) is 11.7 Å². The maximum atomic E-state index is 9.81. The predicted molar refractivity (Wildman–Crippen MR) is 80.2 cm³/mol. The van der Waals surface area contributed by atoms with Crippen molar-refractivity contribution in [3.8, 4) is 0 Å². The number of aliphatic hydroxyl groups is 1. The zero-order chi connectivity index (χ0) is 13.7. The molecule has 19 heavy (non-hydrogen) atoms. The van der Waals surface area contributed by atoms with Crippen LogP contribution in [0.15, 0.2) is 67.3 Å². The number of aliphatic hydroxyl groups excluding tert-OH is 1. The standard InChI is InChI=1S/C17H19NO/c1-3-17(13-19,15-7-5-4-6-8-15)18-16-11-9-14(2)10-12-16/h3-12,18-19H,1,13H2,2H3/t17-/m1/s1. The monoisotopic (exact) mass is 253 g/mol. The van der Waals surface area contributed by atoms with Crippen LogP contribution in [0.4, 0.5) is 5.69 Å². The fourth-order valence-corrected chi connectivity index (χ4v) is 2.07. The van der Waals surface area contributed by atoms with E-state index in [0.717, 1.165) is 11.3 Å². The molecular weight excluding hydrogens is 234 g/mol. The number of nitrogens with one attached hydrogen (secondary N) is 1. The lowest BCUT2D eigenvalue weighted by atomic mass is 9.90. The van der Waals surface area contributed by atoms with Crippen LogP contribution in [-0.2, 0) is 5.54 Å². The van der Waals surface area contributed by atoms with Crippen molar-refractivity contribution in [1.82, 2.24) is 0 Å². The summed E-state index contributed by atoms with van der Waals surface area (Å²) in [4.78, 5) is 0. The lowest BCUT2D eigenvalue weighted by Gasteiger charge is -2.31. The van der Waals surface area contributed by atoms with Crippen LogP contribution in [0.3, 0.4) is 0 Å². The lowest BCUT2D eigenvalue weighted by molar-refractivity contribution is 0.241. The van der Waals surface area contributed by atoms with E-state index in [1.807, 2.05) is 61.5 Å². The van der Waals surface area contributed by atoms with Gasteiger partial charge in [0.25, 0.3) is 0 Å². The predicted octanol–water partition coefficient (Wildman–Crippen LogP) is 3.48. The molecule has 0 fully saturated rings. The van der Waals surface area contributed by atoms with Gasteiger partial charge in [0, 0.05) is 5.69 Å². The quantitative estimate of drug-likeness (QED) is 0.800. The zero-order valence-corrected chi connectivity index (χ0v) is 11.1. The first-order valence-electron chi connectivity index (χ1n) is 6.35. The van der Waals surface area contributed by atoms with Gasteiger partial charge in [0.2, 0.25) is 0 Å². The molecule has 0 aliphatic heterocycles. The van der Waals surface area contributed by atoms with Crippen molar-refractivity contribution in [3.63, 3.8) is 0 Å². The summed E-state index contributed by atoms with van der Waals surface area (Å²) in [6.07, 6.45) is 1.75. The molecule has 2 N–H and O–H groups in total. The van der Waals surface area contributed by atoms with E-state index in [9.17, 15) is 5.11 Å². The highest BCUT2D eigenvalue weighted by Gasteiger charge is 2.27. The Labute approximate surface area is 114 Å². The van der Waals surface area contributed by atoms with Gasteiger partial charge in [0.05, 0.1) is 6.61 Å². The van der Waals surface area contributed by atoms with Gasteiger partial charge >= 0.3 is 0 Å². The number of aryl methyl sites for hydroxylation is 1. The molecule has 0 heterocycles. The molecule has 0 radical (unpaired) electrons. The number of anilines is 1. The minimum absolute atomic E-state index is 0.0472. The molecule has 0 aromatic heterocycles. The van der Waals surface area contributed by atoms with E-state index in [0.29, 0.717) is 0 Å². The summed E-state index contributed by atoms with van der Waals surface area (Å²) in [5.74, 6) is 0. The first-order chi connectivity index (χ1) is 9.20. The van der Waals surface area contributed by atoms with E-state index in [1.54, 1.807) is 6.08 Å². The van der Waals surface area contributed by atoms with Gasteiger partial charge in [-0.25, -0.2) is 0 Å². The van der Waals surface area contributed by atoms with E-state index >= 15 is 0 Å². The van der Waals surface area contributed by atoms with Crippen LogP contribution in [0.1, 0.15) is 11.1 Å². The molecule has 98 valence electrons. The molecule has 0 bridgehead atoms. The molecule has 0 spiro atoms. The minimum atomic E-state index is -0.656. The molecule has 2 aromatic rings. The molecule has 2 heteroatoms. The zero-order valence-electron chi connectivity index (χ0n) is 11.1. The van der Waals surface area contributed by atoms with Gasteiger partial charge in [-0.3, -0.25) is 0 Å². The van der Waals surface area contributed by atoms with Crippen LogP contribution < -0.4 is 5.32 Å². The Bertz CT molecular complexity index is 533. The van der Waals surface area contributed by atoms with Crippen molar-refractivity contribution in [2.24, 2.45) is 0 Å². The summed E-state index contributed by atoms with van der Waals surface area (Å²) >= 11 is 0. The molecule has 0 aliphatic carbocycles. The molecule has 2 rings (SSSR count). The second kappa shape index (κ2) is 5.72. The third kappa shape index (κ3) is 2.85. The van der Waals surface area contributed by atoms with Crippen molar-refractivity contribution < 1.29 is 5.11 Å². The van der Waals surface area contributed by atoms with E-state index < -0.39 is 5.54 Å². The first-order valence-corrected chi connectivity index (χ1v) is 6.35. The topological polar surface area (TPSA) is 32.3 Å². The van der Waals surface area contributed by atoms with Crippen LogP contribution >= 0.6 is 0 Å². The van der Waals surface area contributed by atoms with Gasteiger partial charge in [-0.1, -0.05) is 54.1 Å². The maximum Gasteiger partial charge on any atom is 0.104 e. The Morgan fingerprint density at radius 1 is 1.11 bits per heavy atom. The van der Waals surface area contributed by atoms with Gasteiger partial charge in [0.1, 0.15) is 5.54 Å². The third-order valence-corrected chi connectivity index (χ3v) is 3.31. The fraction of sp³-hybridized carbons (Fsp3) is 0.176. The molecule has 2 nitrogen and oxygen atoms in total. The van der Waals surface area contributed by atoms with E-state index in [2.05, 4.69) is 11.9 Å². The third-order valence-electron chi connectivity index (χ3n) is 3.31. The molecule has 0 saturated heterocycles. The van der Waals surface area contributed by atoms with Crippen molar-refractivity contribution in [2.45, 2.75) is 12.5 Å². The normalized spacial score (nSPS) is 13.6. The average Bonchev–Trinajstić information content (AvgIpc) is 2.48. The van der Waals surface area contributed by atoms with E-state index in [1.165, 1.54) is 5.56 Å². The number of hydrogen-bond donors (Lipinski definition) is 2. The first kappa shape index (κ1) is 13.4. The highest BCUT2D eigenvalue weighted by Crippen LogP contribution is 2.27. The molecule has 2 aromatic carbocycles. The molecule has 0 aliphatic rings. The highest BCUT2D eigenvalue weighted by atomic mass is 16.3. The van der Waals surface area contributed by atoms with Crippen molar-refractivity contribution in [3.05, 3.63) is 78.4 Å². The Balaban J connectivity index is 2.35. The summed E-state index contributed by atoms with van der Waals surface area (Å²) in [5.41, 5.74) is 2.51. The summed E-state index contributed by atoms with van der Waals surface area (Å²) in [6, 6.07) is 17.9. The molecular formula is C17H19NO. The maximum absolute atomic E-state index is 9.81. The second-order valence-corrected chi connectivity index (χ2v) is 4.69. The van der Waals surface area contributed by atoms with Crippen LogP contribution in [0.5, 0.6) is 0 Å². The molecule has 0 amide bonds. The van der Waals surface area contributed by atoms with Crippen LogP contribution in [0.2, 0.25) is 0 Å². The van der Waals surface area contributed by atoms with Gasteiger partial charge in [-0.05, 0) is 24.6 Å². The fourth-order valence-electron chi connectivity index (χ4n) is 2.07. The van der Waals surface area contributed by atoms with Crippen molar-refractivity contribution in [2.75, 3.05) is 11.9 Å². The van der Waals surface area contributed by atoms with Gasteiger partial charge in [0.15, 0.2) is 0 Å². The SMILES string of the molecule is C=C[C@](CO)(Nc1ccc(C)cc1)c1ccccc1. The Morgan fingerprint density at radius 2 is 1.74 bits per heavy atom. The van der Waals surface area contributed by atoms with Crippen molar-refractivity contribution >= 4 is 5.69 Å². The second-order valence-electron chi connectivity index (χ2n) is 4.69. The smallest absolute Gasteiger partial charge is 0.104 e. The number of benzene rings is 2. The van der Waals surface area contributed by atoms with E-state index in [4.69, 9.17) is 0 Å². The highest BCUT2D eigenvalue weighted by molar-refractivity contribution is 5.51. The molecule has 0 unspecified atom stereocenters. The summed E-state index contributed by atoms with van der Waals surface area (Å²) < 4.78 is 0. The number of rotatable bonds is 5. The molecule has 1 atom stereocenters. The van der Waals surface area contributed by atoms with Crippen LogP contribution in [0.25, 0.3) is 0 Å². The Kier molecular flexibility index (Phi) is 4.03. The lowest BCUT2D eigenvalue weighted by Crippen LogP contribution is -2.36. The van der Waals surface area contributed by atoms with Crippen LogP contribution in [0, 0.1) is 6.92 Å². The largest absolute Gasteiger partial charge is 0.393 e. The Morgan fingerprint density at radius 3 is 2.26 bits per heavy atom. The summed E-state index contributed by atoms with van der Waals surface area (Å²) in [7, 11) is 0. The van der Waals surface area contributed by atoms with Crippen molar-refractivity contribution in [1.29, 1.82) is 0 Å².